The minimum absolute atomic E-state index is 0.0101. The van der Waals surface area contributed by atoms with Gasteiger partial charge in [-0.3, -0.25) is 14.4 Å². The van der Waals surface area contributed by atoms with E-state index in [2.05, 4.69) is 20.9 Å². The van der Waals surface area contributed by atoms with E-state index in [1.54, 1.807) is 31.2 Å². The van der Waals surface area contributed by atoms with Crippen LogP contribution in [-0.2, 0) is 21.4 Å². The van der Waals surface area contributed by atoms with Crippen LogP contribution in [0.25, 0.3) is 0 Å². The first-order valence-electron chi connectivity index (χ1n) is 10.8. The van der Waals surface area contributed by atoms with Gasteiger partial charge in [-0.15, -0.1) is 0 Å². The summed E-state index contributed by atoms with van der Waals surface area (Å²) >= 11 is 6.23. The van der Waals surface area contributed by atoms with Crippen molar-refractivity contribution >= 4 is 51.0 Å². The van der Waals surface area contributed by atoms with Crippen molar-refractivity contribution in [3.05, 3.63) is 82.5 Å². The summed E-state index contributed by atoms with van der Waals surface area (Å²) in [5.41, 5.74) is 1.24. The summed E-state index contributed by atoms with van der Waals surface area (Å²) in [5.74, 6) is -1.60. The number of pyridine rings is 1. The quantitative estimate of drug-likeness (QED) is 0.322. The summed E-state index contributed by atoms with van der Waals surface area (Å²) in [5, 5.41) is 16.9. The SMILES string of the molecule is CNC(=O)Nc1ccc(S(=O)(=O)N(CC(=O)NCc2cccc(C(=O)O)c2)c2cccc(Cl)c2C)cn1. The number of anilines is 2. The topological polar surface area (TPSA) is 158 Å². The zero-order chi connectivity index (χ0) is 27.2. The fourth-order valence-electron chi connectivity index (χ4n) is 3.28. The molecule has 0 aliphatic heterocycles. The number of halogens is 1. The maximum atomic E-state index is 13.6. The average molecular weight is 546 g/mol. The maximum Gasteiger partial charge on any atom is 0.335 e. The van der Waals surface area contributed by atoms with Crippen LogP contribution < -0.4 is 20.3 Å². The predicted octanol–water partition coefficient (Wildman–Crippen LogP) is 3.00. The van der Waals surface area contributed by atoms with E-state index in [1.807, 2.05) is 0 Å². The molecule has 3 aromatic rings. The van der Waals surface area contributed by atoms with E-state index >= 15 is 0 Å². The molecule has 0 atom stereocenters. The van der Waals surface area contributed by atoms with Crippen LogP contribution in [0.3, 0.4) is 0 Å². The highest BCUT2D eigenvalue weighted by molar-refractivity contribution is 7.92. The van der Waals surface area contributed by atoms with Gasteiger partial charge in [0.1, 0.15) is 17.3 Å². The number of nitrogens with zero attached hydrogens (tertiary/aromatic N) is 2. The number of sulfonamides is 1. The Kier molecular flexibility index (Phi) is 8.69. The molecule has 0 radical (unpaired) electrons. The molecular weight excluding hydrogens is 522 g/mol. The number of rotatable bonds is 9. The van der Waals surface area contributed by atoms with E-state index in [0.29, 0.717) is 16.1 Å². The van der Waals surface area contributed by atoms with Gasteiger partial charge in [0.05, 0.1) is 11.3 Å². The molecular formula is C24H24ClN5O6S. The molecule has 0 saturated carbocycles. The summed E-state index contributed by atoms with van der Waals surface area (Å²) in [4.78, 5) is 39.3. The molecule has 0 unspecified atom stereocenters. The van der Waals surface area contributed by atoms with Crippen molar-refractivity contribution in [2.45, 2.75) is 18.4 Å². The van der Waals surface area contributed by atoms with Gasteiger partial charge in [0.25, 0.3) is 10.0 Å². The minimum atomic E-state index is -4.29. The Labute approximate surface area is 218 Å². The normalized spacial score (nSPS) is 10.9. The largest absolute Gasteiger partial charge is 0.478 e. The highest BCUT2D eigenvalue weighted by Crippen LogP contribution is 2.30. The second kappa shape index (κ2) is 11.7. The summed E-state index contributed by atoms with van der Waals surface area (Å²) in [7, 11) is -2.87. The van der Waals surface area contributed by atoms with Gasteiger partial charge in [0.2, 0.25) is 5.91 Å². The van der Waals surface area contributed by atoms with Crippen LogP contribution in [0.2, 0.25) is 5.02 Å². The number of amides is 3. The molecule has 0 bridgehead atoms. The van der Waals surface area contributed by atoms with Crippen molar-refractivity contribution < 1.29 is 27.9 Å². The minimum Gasteiger partial charge on any atom is -0.478 e. The summed E-state index contributed by atoms with van der Waals surface area (Å²) in [6.45, 7) is 1.04. The number of carboxylic acids is 1. The molecule has 37 heavy (non-hydrogen) atoms. The van der Waals surface area contributed by atoms with Crippen molar-refractivity contribution in [2.24, 2.45) is 0 Å². The van der Waals surface area contributed by atoms with Crippen LogP contribution in [0.5, 0.6) is 0 Å². The Hall–Kier alpha value is -4.16. The molecule has 3 amide bonds. The Morgan fingerprint density at radius 2 is 1.81 bits per heavy atom. The fourth-order valence-corrected chi connectivity index (χ4v) is 4.87. The molecule has 0 aliphatic rings. The van der Waals surface area contributed by atoms with Crippen LogP contribution >= 0.6 is 11.6 Å². The molecule has 13 heteroatoms. The Bertz CT molecular complexity index is 1430. The zero-order valence-electron chi connectivity index (χ0n) is 19.9. The first-order chi connectivity index (χ1) is 17.5. The Balaban J connectivity index is 1.88. The fraction of sp³-hybridized carbons (Fsp3) is 0.167. The summed E-state index contributed by atoms with van der Waals surface area (Å²) in [6.07, 6.45) is 1.07. The van der Waals surface area contributed by atoms with Gasteiger partial charge in [0.15, 0.2) is 0 Å². The third-order valence-electron chi connectivity index (χ3n) is 5.25. The van der Waals surface area contributed by atoms with E-state index in [4.69, 9.17) is 16.7 Å². The lowest BCUT2D eigenvalue weighted by atomic mass is 10.1. The van der Waals surface area contributed by atoms with Crippen molar-refractivity contribution in [2.75, 3.05) is 23.2 Å². The van der Waals surface area contributed by atoms with Gasteiger partial charge < -0.3 is 15.7 Å². The lowest BCUT2D eigenvalue weighted by Crippen LogP contribution is -2.41. The monoisotopic (exact) mass is 545 g/mol. The Morgan fingerprint density at radius 1 is 1.08 bits per heavy atom. The molecule has 194 valence electrons. The summed E-state index contributed by atoms with van der Waals surface area (Å²) < 4.78 is 28.1. The number of aromatic carboxylic acids is 1. The number of benzene rings is 2. The van der Waals surface area contributed by atoms with Gasteiger partial charge in [-0.1, -0.05) is 29.8 Å². The maximum absolute atomic E-state index is 13.6. The smallest absolute Gasteiger partial charge is 0.335 e. The van der Waals surface area contributed by atoms with Gasteiger partial charge in [-0.05, 0) is 54.4 Å². The lowest BCUT2D eigenvalue weighted by Gasteiger charge is -2.26. The predicted molar refractivity (Wildman–Crippen MR) is 138 cm³/mol. The number of nitrogens with one attached hydrogen (secondary N) is 3. The first kappa shape index (κ1) is 27.4. The van der Waals surface area contributed by atoms with Gasteiger partial charge in [-0.25, -0.2) is 23.0 Å². The van der Waals surface area contributed by atoms with Crippen molar-refractivity contribution in [1.29, 1.82) is 0 Å². The van der Waals surface area contributed by atoms with Gasteiger partial charge >= 0.3 is 12.0 Å². The van der Waals surface area contributed by atoms with Crippen LogP contribution in [0, 0.1) is 6.92 Å². The zero-order valence-corrected chi connectivity index (χ0v) is 21.4. The number of hydrogen-bond acceptors (Lipinski definition) is 6. The second-order valence-electron chi connectivity index (χ2n) is 7.76. The number of urea groups is 1. The number of carboxylic acid groups (broad SMARTS) is 1. The molecule has 1 heterocycles. The molecule has 11 nitrogen and oxygen atoms in total. The third-order valence-corrected chi connectivity index (χ3v) is 7.40. The van der Waals surface area contributed by atoms with Crippen LogP contribution in [0.4, 0.5) is 16.3 Å². The van der Waals surface area contributed by atoms with E-state index < -0.39 is 34.5 Å². The van der Waals surface area contributed by atoms with Gasteiger partial charge in [-0.2, -0.15) is 0 Å². The van der Waals surface area contributed by atoms with E-state index in [0.717, 1.165) is 10.5 Å². The van der Waals surface area contributed by atoms with E-state index in [-0.39, 0.29) is 28.5 Å². The number of aromatic nitrogens is 1. The highest BCUT2D eigenvalue weighted by atomic mass is 35.5. The van der Waals surface area contributed by atoms with Crippen LogP contribution in [0.1, 0.15) is 21.5 Å². The molecule has 0 saturated heterocycles. The molecule has 3 rings (SSSR count). The molecule has 2 aromatic carbocycles. The first-order valence-corrected chi connectivity index (χ1v) is 12.7. The van der Waals surface area contributed by atoms with Crippen molar-refractivity contribution in [3.63, 3.8) is 0 Å². The van der Waals surface area contributed by atoms with Crippen LogP contribution in [0.15, 0.2) is 65.7 Å². The summed E-state index contributed by atoms with van der Waals surface area (Å²) in [6, 6.07) is 12.8. The average Bonchev–Trinajstić information content (AvgIpc) is 2.88. The van der Waals surface area contributed by atoms with E-state index in [9.17, 15) is 22.8 Å². The number of carbonyl (C=O) groups excluding carboxylic acids is 2. The van der Waals surface area contributed by atoms with E-state index in [1.165, 1.54) is 37.4 Å². The van der Waals surface area contributed by atoms with Crippen LogP contribution in [-0.4, -0.2) is 50.0 Å². The van der Waals surface area contributed by atoms with Crippen molar-refractivity contribution in [1.82, 2.24) is 15.6 Å². The molecule has 0 aliphatic carbocycles. The highest BCUT2D eigenvalue weighted by Gasteiger charge is 2.29. The molecule has 0 fully saturated rings. The molecule has 0 spiro atoms. The Morgan fingerprint density at radius 3 is 2.46 bits per heavy atom. The van der Waals surface area contributed by atoms with Crippen molar-refractivity contribution in [3.8, 4) is 0 Å². The standard InChI is InChI=1S/C24H24ClN5O6S/c1-15-19(25)7-4-8-20(15)30(14-22(31)28-12-16-5-3-6-17(11-16)23(32)33)37(35,36)18-9-10-21(27-13-18)29-24(34)26-2/h3-11,13H,12,14H2,1-2H3,(H,28,31)(H,32,33)(H2,26,27,29,34). The second-order valence-corrected chi connectivity index (χ2v) is 10.0. The molecule has 4 N–H and O–H groups in total. The number of carbonyl (C=O) groups is 3. The lowest BCUT2D eigenvalue weighted by molar-refractivity contribution is -0.119. The van der Waals surface area contributed by atoms with Gasteiger partial charge in [0, 0.05) is 24.8 Å². The molecule has 1 aromatic heterocycles. The number of hydrogen-bond donors (Lipinski definition) is 4. The third kappa shape index (κ3) is 6.74.